The van der Waals surface area contributed by atoms with E-state index in [1.54, 1.807) is 27.8 Å². The van der Waals surface area contributed by atoms with Crippen LogP contribution in [0.2, 0.25) is 35.7 Å². The van der Waals surface area contributed by atoms with E-state index >= 15 is 0 Å². The lowest BCUT2D eigenvalue weighted by Crippen LogP contribution is -2.42. The van der Waals surface area contributed by atoms with Crippen molar-refractivity contribution in [2.45, 2.75) is 64.8 Å². The van der Waals surface area contributed by atoms with Crippen molar-refractivity contribution in [2.24, 2.45) is 0 Å². The molecule has 1 amide bonds. The number of hydrogen-bond acceptors (Lipinski definition) is 7. The quantitative estimate of drug-likeness (QED) is 0.121. The lowest BCUT2D eigenvalue weighted by molar-refractivity contribution is -0.136. The number of halogens is 2. The van der Waals surface area contributed by atoms with Gasteiger partial charge in [-0.1, -0.05) is 54.6 Å². The number of aromatic nitrogens is 3. The molecule has 0 N–H and O–H groups in total. The molecule has 0 radical (unpaired) electrons. The molecule has 1 atom stereocenters. The fourth-order valence-corrected chi connectivity index (χ4v) is 5.63. The Morgan fingerprint density at radius 3 is 2.65 bits per heavy atom. The maximum Gasteiger partial charge on any atom is 0.333 e. The van der Waals surface area contributed by atoms with Crippen molar-refractivity contribution in [1.82, 2.24) is 19.8 Å². The van der Waals surface area contributed by atoms with E-state index in [1.165, 1.54) is 13.4 Å². The van der Waals surface area contributed by atoms with Gasteiger partial charge in [-0.05, 0) is 31.2 Å². The molecule has 0 aliphatic carbocycles. The number of fused-ring (bicyclic) bond motifs is 1. The number of hydrogen-bond donors (Lipinski definition) is 0. The summed E-state index contributed by atoms with van der Waals surface area (Å²) in [5.74, 6) is -0.675. The summed E-state index contributed by atoms with van der Waals surface area (Å²) in [4.78, 5) is 27.4. The highest BCUT2D eigenvalue weighted by atomic mass is 35.5. The molecule has 1 aromatic carbocycles. The van der Waals surface area contributed by atoms with Gasteiger partial charge in [0.1, 0.15) is 18.7 Å². The number of nitrogens with zero attached hydrogens (tertiary/aromatic N) is 4. The summed E-state index contributed by atoms with van der Waals surface area (Å²) in [7, 11) is 0.0299. The van der Waals surface area contributed by atoms with Gasteiger partial charge in [0.25, 0.3) is 5.91 Å². The first-order chi connectivity index (χ1) is 18.9. The lowest BCUT2D eigenvalue weighted by atomic mass is 9.96. The summed E-state index contributed by atoms with van der Waals surface area (Å²) in [6, 6.07) is 5.77. The minimum Gasteiger partial charge on any atom is -0.466 e. The predicted molar refractivity (Wildman–Crippen MR) is 156 cm³/mol. The highest BCUT2D eigenvalue weighted by Crippen LogP contribution is 2.35. The first kappa shape index (κ1) is 30.0. The van der Waals surface area contributed by atoms with Crippen molar-refractivity contribution < 1.29 is 23.6 Å². The summed E-state index contributed by atoms with van der Waals surface area (Å²) in [5, 5.41) is 9.88. The van der Waals surface area contributed by atoms with E-state index in [0.29, 0.717) is 52.1 Å². The van der Waals surface area contributed by atoms with Crippen LogP contribution in [0.3, 0.4) is 0 Å². The van der Waals surface area contributed by atoms with Gasteiger partial charge in [-0.15, -0.1) is 0 Å². The standard InChI is InChI=1S/C28H34Cl2N4O5Si/c1-17(28(36)37-3)11-20-15-39-32-25(20)26-21-14-33(27(35)19-7-8-22(29)23(30)13-19)18(2)12-24(21)31-34(26)16-38-9-10-40(4,5)6/h7-8,13,15,18H,1,9-12,14,16H2,2-6H3/t18-/m1/s1. The second-order valence-corrected chi connectivity index (χ2v) is 17.6. The van der Waals surface area contributed by atoms with Gasteiger partial charge in [-0.2, -0.15) is 5.10 Å². The highest BCUT2D eigenvalue weighted by Gasteiger charge is 2.34. The summed E-state index contributed by atoms with van der Waals surface area (Å²) in [6.45, 7) is 13.9. The fourth-order valence-electron chi connectivity index (χ4n) is 4.57. The average Bonchev–Trinajstić information content (AvgIpc) is 3.49. The van der Waals surface area contributed by atoms with Gasteiger partial charge in [-0.3, -0.25) is 4.79 Å². The molecule has 3 heterocycles. The molecule has 0 fully saturated rings. The highest BCUT2D eigenvalue weighted by molar-refractivity contribution is 6.76. The summed E-state index contributed by atoms with van der Waals surface area (Å²) < 4.78 is 18.0. The Labute approximate surface area is 245 Å². The van der Waals surface area contributed by atoms with Crippen LogP contribution in [0, 0.1) is 0 Å². The van der Waals surface area contributed by atoms with Crippen molar-refractivity contribution in [1.29, 1.82) is 0 Å². The maximum atomic E-state index is 13.6. The molecule has 1 aliphatic rings. The van der Waals surface area contributed by atoms with Gasteiger partial charge < -0.3 is 18.9 Å². The molecular weight excluding hydrogens is 571 g/mol. The molecule has 12 heteroatoms. The van der Waals surface area contributed by atoms with Gasteiger partial charge in [0.15, 0.2) is 0 Å². The summed E-state index contributed by atoms with van der Waals surface area (Å²) in [6.07, 6.45) is 2.22. The first-order valence-electron chi connectivity index (χ1n) is 13.0. The molecule has 0 bridgehead atoms. The first-order valence-corrected chi connectivity index (χ1v) is 17.5. The fraction of sp³-hybridized carbons (Fsp3) is 0.429. The van der Waals surface area contributed by atoms with E-state index in [0.717, 1.165) is 17.3 Å². The van der Waals surface area contributed by atoms with Crippen molar-refractivity contribution in [2.75, 3.05) is 13.7 Å². The molecule has 0 saturated carbocycles. The van der Waals surface area contributed by atoms with Crippen molar-refractivity contribution in [3.63, 3.8) is 0 Å². The Kier molecular flexibility index (Phi) is 9.24. The largest absolute Gasteiger partial charge is 0.466 e. The van der Waals surface area contributed by atoms with E-state index in [1.807, 2.05) is 6.92 Å². The van der Waals surface area contributed by atoms with Crippen LogP contribution in [-0.2, 0) is 40.4 Å². The average molecular weight is 606 g/mol. The topological polar surface area (TPSA) is 99.7 Å². The Hall–Kier alpha value is -2.92. The Morgan fingerprint density at radius 1 is 1.23 bits per heavy atom. The third-order valence-corrected chi connectivity index (χ3v) is 9.31. The van der Waals surface area contributed by atoms with E-state index in [2.05, 4.69) is 31.4 Å². The molecule has 0 unspecified atom stereocenters. The number of benzene rings is 1. The van der Waals surface area contributed by atoms with Gasteiger partial charge in [-0.25, -0.2) is 9.48 Å². The number of ether oxygens (including phenoxy) is 2. The van der Waals surface area contributed by atoms with Crippen LogP contribution >= 0.6 is 23.2 Å². The molecule has 214 valence electrons. The van der Waals surface area contributed by atoms with Crippen molar-refractivity contribution >= 4 is 43.2 Å². The van der Waals surface area contributed by atoms with Crippen LogP contribution in [0.5, 0.6) is 0 Å². The van der Waals surface area contributed by atoms with Crippen LogP contribution < -0.4 is 0 Å². The van der Waals surface area contributed by atoms with Gasteiger partial charge in [0.05, 0.1) is 35.1 Å². The minimum absolute atomic E-state index is 0.116. The number of carbonyl (C=O) groups is 2. The van der Waals surface area contributed by atoms with Crippen LogP contribution in [0.15, 0.2) is 41.1 Å². The van der Waals surface area contributed by atoms with Crippen LogP contribution in [0.1, 0.15) is 34.1 Å². The summed E-state index contributed by atoms with van der Waals surface area (Å²) in [5.41, 5.74) is 4.28. The molecule has 4 rings (SSSR count). The smallest absolute Gasteiger partial charge is 0.333 e. The zero-order chi connectivity index (χ0) is 29.2. The zero-order valence-corrected chi connectivity index (χ0v) is 25.9. The van der Waals surface area contributed by atoms with Crippen LogP contribution in [0.25, 0.3) is 11.4 Å². The monoisotopic (exact) mass is 604 g/mol. The molecule has 40 heavy (non-hydrogen) atoms. The molecule has 0 spiro atoms. The zero-order valence-electron chi connectivity index (χ0n) is 23.4. The Balaban J connectivity index is 1.71. The Bertz CT molecular complexity index is 1430. The second kappa shape index (κ2) is 12.3. The third-order valence-electron chi connectivity index (χ3n) is 6.87. The third kappa shape index (κ3) is 6.68. The van der Waals surface area contributed by atoms with Crippen molar-refractivity contribution in [3.8, 4) is 11.4 Å². The SMILES string of the molecule is C=C(Cc1conc1-c1c2c(nn1COCC[Si](C)(C)C)C[C@@H](C)N(C(=O)c1ccc(Cl)c(Cl)c1)C2)C(=O)OC. The van der Waals surface area contributed by atoms with Gasteiger partial charge >= 0.3 is 5.97 Å². The number of amides is 1. The van der Waals surface area contributed by atoms with Gasteiger partial charge in [0, 0.05) is 55.8 Å². The predicted octanol–water partition coefficient (Wildman–Crippen LogP) is 6.02. The van der Waals surface area contributed by atoms with E-state index in [4.69, 9.17) is 42.3 Å². The van der Waals surface area contributed by atoms with E-state index in [9.17, 15) is 9.59 Å². The van der Waals surface area contributed by atoms with Gasteiger partial charge in [0.2, 0.25) is 0 Å². The number of methoxy groups -OCH3 is 1. The second-order valence-electron chi connectivity index (χ2n) is 11.2. The minimum atomic E-state index is -1.28. The van der Waals surface area contributed by atoms with Crippen LogP contribution in [0.4, 0.5) is 0 Å². The molecular formula is C28H34Cl2N4O5Si. The number of carbonyl (C=O) groups excluding carboxylic acids is 2. The van der Waals surface area contributed by atoms with Crippen LogP contribution in [-0.4, -0.2) is 59.5 Å². The van der Waals surface area contributed by atoms with E-state index in [-0.39, 0.29) is 30.7 Å². The number of rotatable bonds is 10. The molecule has 3 aromatic rings. The van der Waals surface area contributed by atoms with E-state index < -0.39 is 14.0 Å². The normalized spacial score (nSPS) is 15.2. The maximum absolute atomic E-state index is 13.6. The lowest BCUT2D eigenvalue weighted by Gasteiger charge is -2.33. The Morgan fingerprint density at radius 2 is 1.98 bits per heavy atom. The number of esters is 1. The summed E-state index contributed by atoms with van der Waals surface area (Å²) >= 11 is 12.3. The molecule has 2 aromatic heterocycles. The van der Waals surface area contributed by atoms with Crippen molar-refractivity contribution in [3.05, 3.63) is 69.0 Å². The molecule has 1 aliphatic heterocycles. The molecule has 0 saturated heterocycles. The molecule has 9 nitrogen and oxygen atoms in total.